The van der Waals surface area contributed by atoms with Gasteiger partial charge in [-0.05, 0) is 53.6 Å². The minimum Gasteiger partial charge on any atom is -0.493 e. The number of methoxy groups -OCH3 is 1. The lowest BCUT2D eigenvalue weighted by atomic mass is 10.0. The zero-order chi connectivity index (χ0) is 26.3. The molecule has 6 nitrogen and oxygen atoms in total. The Morgan fingerprint density at radius 1 is 0.921 bits per heavy atom. The van der Waals surface area contributed by atoms with Crippen LogP contribution in [0.1, 0.15) is 21.5 Å². The molecule has 1 N–H and O–H groups in total. The molecule has 0 atom stereocenters. The number of carbonyl (C=O) groups is 1. The van der Waals surface area contributed by atoms with Crippen LogP contribution >= 0.6 is 0 Å². The molecule has 4 aromatic carbocycles. The molecule has 0 saturated heterocycles. The number of nitrogens with zero attached hydrogens (tertiary/aromatic N) is 2. The van der Waals surface area contributed by atoms with Crippen molar-refractivity contribution in [3.05, 3.63) is 126 Å². The van der Waals surface area contributed by atoms with Crippen molar-refractivity contribution in [3.8, 4) is 22.8 Å². The molecule has 0 saturated carbocycles. The Morgan fingerprint density at radius 3 is 2.55 bits per heavy atom. The fourth-order valence-electron chi connectivity index (χ4n) is 4.02. The Kier molecular flexibility index (Phi) is 7.36. The second-order valence-corrected chi connectivity index (χ2v) is 8.47. The van der Waals surface area contributed by atoms with Gasteiger partial charge in [0.2, 0.25) is 0 Å². The predicted molar refractivity (Wildman–Crippen MR) is 146 cm³/mol. The maximum atomic E-state index is 13.4. The summed E-state index contributed by atoms with van der Waals surface area (Å²) in [5.74, 6) is 0.334. The third-order valence-corrected chi connectivity index (χ3v) is 5.88. The second kappa shape index (κ2) is 11.3. The molecule has 0 aliphatic carbocycles. The van der Waals surface area contributed by atoms with Gasteiger partial charge in [0.05, 0.1) is 30.1 Å². The zero-order valence-electron chi connectivity index (χ0n) is 20.6. The number of amides is 1. The number of hydrogen-bond acceptors (Lipinski definition) is 5. The van der Waals surface area contributed by atoms with E-state index in [2.05, 4.69) is 10.5 Å². The Balaban J connectivity index is 1.32. The van der Waals surface area contributed by atoms with Crippen molar-refractivity contribution in [3.63, 3.8) is 0 Å². The van der Waals surface area contributed by atoms with Gasteiger partial charge in [-0.25, -0.2) is 14.8 Å². The number of aromatic nitrogens is 1. The van der Waals surface area contributed by atoms with Gasteiger partial charge in [-0.15, -0.1) is 0 Å². The molecule has 0 fully saturated rings. The number of rotatable bonds is 8. The highest BCUT2D eigenvalue weighted by molar-refractivity contribution is 6.07. The molecule has 38 heavy (non-hydrogen) atoms. The first-order valence-corrected chi connectivity index (χ1v) is 11.9. The first-order chi connectivity index (χ1) is 18.6. The van der Waals surface area contributed by atoms with E-state index in [9.17, 15) is 9.18 Å². The van der Waals surface area contributed by atoms with Crippen LogP contribution in [-0.2, 0) is 6.61 Å². The Hall–Kier alpha value is -5.04. The fourth-order valence-corrected chi connectivity index (χ4v) is 4.02. The number of hydrazone groups is 1. The Bertz CT molecular complexity index is 1620. The number of ether oxygens (including phenoxy) is 2. The van der Waals surface area contributed by atoms with Gasteiger partial charge in [0.1, 0.15) is 12.4 Å². The van der Waals surface area contributed by atoms with Crippen molar-refractivity contribution >= 4 is 23.0 Å². The van der Waals surface area contributed by atoms with Crippen molar-refractivity contribution < 1.29 is 18.7 Å². The van der Waals surface area contributed by atoms with Gasteiger partial charge >= 0.3 is 0 Å². The van der Waals surface area contributed by atoms with E-state index >= 15 is 0 Å². The smallest absolute Gasteiger partial charge is 0.272 e. The SMILES string of the molecule is COc1cc(/C=N/NC(=O)c2cc(-c3ccccc3)nc3ccccc23)ccc1OCc1cccc(F)c1. The predicted octanol–water partition coefficient (Wildman–Crippen LogP) is 6.39. The summed E-state index contributed by atoms with van der Waals surface area (Å²) in [5, 5.41) is 4.89. The second-order valence-electron chi connectivity index (χ2n) is 8.47. The number of fused-ring (bicyclic) bond motifs is 1. The van der Waals surface area contributed by atoms with Gasteiger partial charge in [-0.2, -0.15) is 5.10 Å². The van der Waals surface area contributed by atoms with E-state index in [-0.39, 0.29) is 18.3 Å². The fraction of sp³-hybridized carbons (Fsp3) is 0.0645. The van der Waals surface area contributed by atoms with Crippen LogP contribution in [0.4, 0.5) is 4.39 Å². The van der Waals surface area contributed by atoms with Crippen LogP contribution in [0.5, 0.6) is 11.5 Å². The highest BCUT2D eigenvalue weighted by Crippen LogP contribution is 2.29. The number of hydrogen-bond donors (Lipinski definition) is 1. The molecular formula is C31H24FN3O3. The van der Waals surface area contributed by atoms with Crippen LogP contribution in [-0.4, -0.2) is 24.2 Å². The molecule has 0 radical (unpaired) electrons. The van der Waals surface area contributed by atoms with Gasteiger partial charge in [0, 0.05) is 10.9 Å². The zero-order valence-corrected chi connectivity index (χ0v) is 20.6. The number of para-hydroxylation sites is 1. The molecule has 0 aliphatic heterocycles. The molecule has 5 rings (SSSR count). The van der Waals surface area contributed by atoms with Crippen LogP contribution < -0.4 is 14.9 Å². The highest BCUT2D eigenvalue weighted by atomic mass is 19.1. The van der Waals surface area contributed by atoms with E-state index in [0.717, 1.165) is 16.5 Å². The molecule has 188 valence electrons. The first kappa shape index (κ1) is 24.6. The van der Waals surface area contributed by atoms with Crippen molar-refractivity contribution in [1.82, 2.24) is 10.4 Å². The third-order valence-electron chi connectivity index (χ3n) is 5.88. The number of pyridine rings is 1. The molecule has 0 bridgehead atoms. The first-order valence-electron chi connectivity index (χ1n) is 11.9. The van der Waals surface area contributed by atoms with Gasteiger partial charge in [-0.3, -0.25) is 4.79 Å². The van der Waals surface area contributed by atoms with Gasteiger partial charge in [0.25, 0.3) is 5.91 Å². The van der Waals surface area contributed by atoms with E-state index in [4.69, 9.17) is 14.5 Å². The summed E-state index contributed by atoms with van der Waals surface area (Å²) in [6.07, 6.45) is 1.53. The van der Waals surface area contributed by atoms with Crippen molar-refractivity contribution in [1.29, 1.82) is 0 Å². The van der Waals surface area contributed by atoms with E-state index in [1.54, 1.807) is 36.4 Å². The van der Waals surface area contributed by atoms with Crippen LogP contribution in [0.3, 0.4) is 0 Å². The van der Waals surface area contributed by atoms with Crippen LogP contribution in [0.25, 0.3) is 22.2 Å². The summed E-state index contributed by atoms with van der Waals surface area (Å²) in [6, 6.07) is 30.5. The van der Waals surface area contributed by atoms with Crippen LogP contribution in [0.15, 0.2) is 108 Å². The lowest BCUT2D eigenvalue weighted by molar-refractivity contribution is 0.0956. The number of halogens is 1. The molecule has 1 amide bonds. The Morgan fingerprint density at radius 2 is 1.74 bits per heavy atom. The van der Waals surface area contributed by atoms with Gasteiger partial charge < -0.3 is 9.47 Å². The quantitative estimate of drug-likeness (QED) is 0.196. The number of nitrogens with one attached hydrogen (secondary N) is 1. The average Bonchev–Trinajstić information content (AvgIpc) is 2.96. The monoisotopic (exact) mass is 505 g/mol. The summed E-state index contributed by atoms with van der Waals surface area (Å²) in [7, 11) is 1.53. The molecule has 0 aliphatic rings. The standard InChI is InChI=1S/C31H24FN3O3/c1-37-30-17-21(14-15-29(30)38-20-22-8-7-11-24(32)16-22)19-33-35-31(36)26-18-28(23-9-3-2-4-10-23)34-27-13-6-5-12-25(26)27/h2-19H,20H2,1H3,(H,35,36)/b33-19+. The summed E-state index contributed by atoms with van der Waals surface area (Å²) in [5.41, 5.74) is 6.85. The minimum absolute atomic E-state index is 0.197. The number of carbonyl (C=O) groups excluding carboxylic acids is 1. The van der Waals surface area contributed by atoms with E-state index in [1.165, 1.54) is 25.5 Å². The van der Waals surface area contributed by atoms with Crippen molar-refractivity contribution in [2.24, 2.45) is 5.10 Å². The maximum absolute atomic E-state index is 13.4. The largest absolute Gasteiger partial charge is 0.493 e. The maximum Gasteiger partial charge on any atom is 0.272 e. The summed E-state index contributed by atoms with van der Waals surface area (Å²) in [4.78, 5) is 17.8. The van der Waals surface area contributed by atoms with Crippen LogP contribution in [0.2, 0.25) is 0 Å². The van der Waals surface area contributed by atoms with Crippen molar-refractivity contribution in [2.75, 3.05) is 7.11 Å². The summed E-state index contributed by atoms with van der Waals surface area (Å²) >= 11 is 0. The van der Waals surface area contributed by atoms with Gasteiger partial charge in [0.15, 0.2) is 11.5 Å². The van der Waals surface area contributed by atoms with Crippen molar-refractivity contribution in [2.45, 2.75) is 6.61 Å². The lowest BCUT2D eigenvalue weighted by Crippen LogP contribution is -2.18. The average molecular weight is 506 g/mol. The summed E-state index contributed by atoms with van der Waals surface area (Å²) in [6.45, 7) is 0.197. The Labute approximate surface area is 219 Å². The molecule has 0 spiro atoms. The lowest BCUT2D eigenvalue weighted by Gasteiger charge is -2.11. The van der Waals surface area contributed by atoms with Gasteiger partial charge in [-0.1, -0.05) is 60.7 Å². The minimum atomic E-state index is -0.348. The molecular weight excluding hydrogens is 481 g/mol. The number of benzene rings is 4. The molecule has 1 aromatic heterocycles. The van der Waals surface area contributed by atoms with E-state index < -0.39 is 0 Å². The third kappa shape index (κ3) is 5.68. The normalized spacial score (nSPS) is 11.0. The van der Waals surface area contributed by atoms with E-state index in [1.807, 2.05) is 54.6 Å². The molecule has 1 heterocycles. The topological polar surface area (TPSA) is 72.8 Å². The van der Waals surface area contributed by atoms with Crippen LogP contribution in [0, 0.1) is 5.82 Å². The summed E-state index contributed by atoms with van der Waals surface area (Å²) < 4.78 is 24.7. The van der Waals surface area contributed by atoms with E-state index in [0.29, 0.717) is 33.9 Å². The highest BCUT2D eigenvalue weighted by Gasteiger charge is 2.13. The molecule has 0 unspecified atom stereocenters. The molecule has 7 heteroatoms. The molecule has 5 aromatic rings.